The topological polar surface area (TPSA) is 49.8 Å². The number of aliphatic carboxylic acids is 1. The second-order valence-corrected chi connectivity index (χ2v) is 5.48. The molecule has 0 saturated carbocycles. The van der Waals surface area contributed by atoms with Crippen LogP contribution in [0.3, 0.4) is 0 Å². The van der Waals surface area contributed by atoms with Gasteiger partial charge in [0.1, 0.15) is 5.75 Å². The fourth-order valence-electron chi connectivity index (χ4n) is 3.12. The van der Waals surface area contributed by atoms with Crippen LogP contribution in [0.25, 0.3) is 0 Å². The van der Waals surface area contributed by atoms with Gasteiger partial charge in [-0.05, 0) is 25.5 Å². The number of hydrogen-bond acceptors (Lipinski definition) is 3. The molecule has 0 bridgehead atoms. The molecule has 0 radical (unpaired) electrons. The maximum Gasteiger partial charge on any atom is 0.307 e. The van der Waals surface area contributed by atoms with Crippen molar-refractivity contribution in [2.45, 2.75) is 18.8 Å². The summed E-state index contributed by atoms with van der Waals surface area (Å²) in [4.78, 5) is 13.4. The number of fused-ring (bicyclic) bond motifs is 1. The molecular formula is C15H19NO3. The van der Waals surface area contributed by atoms with Gasteiger partial charge in [-0.15, -0.1) is 0 Å². The Morgan fingerprint density at radius 2 is 2.26 bits per heavy atom. The highest BCUT2D eigenvalue weighted by atomic mass is 16.5. The molecule has 1 fully saturated rings. The lowest BCUT2D eigenvalue weighted by molar-refractivity contribution is -0.143. The number of piperidine rings is 1. The lowest BCUT2D eigenvalue weighted by Crippen LogP contribution is -2.40. The van der Waals surface area contributed by atoms with Gasteiger partial charge in [0.25, 0.3) is 0 Å². The highest BCUT2D eigenvalue weighted by molar-refractivity contribution is 5.70. The number of rotatable bonds is 3. The van der Waals surface area contributed by atoms with E-state index in [4.69, 9.17) is 9.84 Å². The molecule has 1 N–H and O–H groups in total. The van der Waals surface area contributed by atoms with Crippen molar-refractivity contribution >= 4 is 5.97 Å². The van der Waals surface area contributed by atoms with Gasteiger partial charge in [0.05, 0.1) is 12.5 Å². The van der Waals surface area contributed by atoms with Gasteiger partial charge in [-0.2, -0.15) is 0 Å². The summed E-state index contributed by atoms with van der Waals surface area (Å²) >= 11 is 0. The lowest BCUT2D eigenvalue weighted by Gasteiger charge is -2.32. The quantitative estimate of drug-likeness (QED) is 0.903. The minimum Gasteiger partial charge on any atom is -0.493 e. The molecule has 1 saturated heterocycles. The zero-order chi connectivity index (χ0) is 13.2. The molecule has 2 aliphatic heterocycles. The zero-order valence-electron chi connectivity index (χ0n) is 10.9. The highest BCUT2D eigenvalue weighted by Crippen LogP contribution is 2.34. The fourth-order valence-corrected chi connectivity index (χ4v) is 3.12. The van der Waals surface area contributed by atoms with Crippen molar-refractivity contribution in [3.8, 4) is 5.75 Å². The van der Waals surface area contributed by atoms with E-state index < -0.39 is 5.97 Å². The number of carboxylic acids is 1. The molecule has 1 aromatic rings. The maximum atomic E-state index is 11.1. The smallest absolute Gasteiger partial charge is 0.307 e. The molecule has 19 heavy (non-hydrogen) atoms. The largest absolute Gasteiger partial charge is 0.493 e. The van der Waals surface area contributed by atoms with E-state index in [1.165, 1.54) is 5.56 Å². The first-order valence-electron chi connectivity index (χ1n) is 6.91. The summed E-state index contributed by atoms with van der Waals surface area (Å²) in [5, 5.41) is 9.12. The minimum absolute atomic E-state index is 0.202. The van der Waals surface area contributed by atoms with E-state index in [-0.39, 0.29) is 5.92 Å². The normalized spacial score (nSPS) is 26.7. The maximum absolute atomic E-state index is 11.1. The summed E-state index contributed by atoms with van der Waals surface area (Å²) in [6.45, 7) is 3.30. The molecule has 2 aliphatic rings. The van der Waals surface area contributed by atoms with Crippen molar-refractivity contribution in [2.24, 2.45) is 5.92 Å². The van der Waals surface area contributed by atoms with Crippen LogP contribution in [0.4, 0.5) is 0 Å². The summed E-state index contributed by atoms with van der Waals surface area (Å²) < 4.78 is 5.68. The predicted molar refractivity (Wildman–Crippen MR) is 71.5 cm³/mol. The van der Waals surface area contributed by atoms with Crippen LogP contribution in [0.5, 0.6) is 5.75 Å². The number of carbonyl (C=O) groups is 1. The van der Waals surface area contributed by atoms with Crippen molar-refractivity contribution in [1.82, 2.24) is 4.90 Å². The number of ether oxygens (including phenoxy) is 1. The molecule has 2 heterocycles. The molecule has 4 nitrogen and oxygen atoms in total. The van der Waals surface area contributed by atoms with E-state index in [1.807, 2.05) is 18.2 Å². The minimum atomic E-state index is -0.659. The molecule has 0 aromatic heterocycles. The second kappa shape index (κ2) is 5.21. The van der Waals surface area contributed by atoms with Crippen LogP contribution in [-0.2, 0) is 4.79 Å². The third kappa shape index (κ3) is 2.59. The third-order valence-electron chi connectivity index (χ3n) is 4.13. The Hall–Kier alpha value is -1.55. The van der Waals surface area contributed by atoms with E-state index in [9.17, 15) is 4.79 Å². The molecule has 2 unspecified atom stereocenters. The van der Waals surface area contributed by atoms with Crippen molar-refractivity contribution in [1.29, 1.82) is 0 Å². The summed E-state index contributed by atoms with van der Waals surface area (Å²) in [5.41, 5.74) is 1.26. The molecule has 1 aromatic carbocycles. The second-order valence-electron chi connectivity index (χ2n) is 5.48. The van der Waals surface area contributed by atoms with Crippen LogP contribution in [0.2, 0.25) is 0 Å². The third-order valence-corrected chi connectivity index (χ3v) is 4.13. The zero-order valence-corrected chi connectivity index (χ0v) is 10.9. The van der Waals surface area contributed by atoms with Crippen LogP contribution in [0.1, 0.15) is 24.3 Å². The van der Waals surface area contributed by atoms with Crippen LogP contribution < -0.4 is 4.74 Å². The van der Waals surface area contributed by atoms with Crippen LogP contribution in [-0.4, -0.2) is 42.2 Å². The number of carboxylic acid groups (broad SMARTS) is 1. The van der Waals surface area contributed by atoms with Gasteiger partial charge in [0, 0.05) is 24.6 Å². The summed E-state index contributed by atoms with van der Waals surface area (Å²) in [6, 6.07) is 8.15. The number of likely N-dealkylation sites (tertiary alicyclic amines) is 1. The predicted octanol–water partition coefficient (Wildman–Crippen LogP) is 1.96. The monoisotopic (exact) mass is 261 g/mol. The number of nitrogens with zero attached hydrogens (tertiary/aromatic N) is 1. The molecule has 3 rings (SSSR count). The van der Waals surface area contributed by atoms with E-state index in [2.05, 4.69) is 11.0 Å². The van der Waals surface area contributed by atoms with Crippen molar-refractivity contribution in [3.63, 3.8) is 0 Å². The molecule has 2 atom stereocenters. The Kier molecular flexibility index (Phi) is 3.42. The van der Waals surface area contributed by atoms with Crippen LogP contribution in [0, 0.1) is 5.92 Å². The SMILES string of the molecule is O=C(O)C1CCCN(CC2COc3ccccc32)C1. The fraction of sp³-hybridized carbons (Fsp3) is 0.533. The Balaban J connectivity index is 1.65. The van der Waals surface area contributed by atoms with E-state index in [0.29, 0.717) is 19.1 Å². The van der Waals surface area contributed by atoms with E-state index in [1.54, 1.807) is 0 Å². The first kappa shape index (κ1) is 12.5. The Labute approximate surface area is 113 Å². The van der Waals surface area contributed by atoms with Gasteiger partial charge in [0.2, 0.25) is 0 Å². The van der Waals surface area contributed by atoms with Gasteiger partial charge < -0.3 is 14.7 Å². The molecule has 0 amide bonds. The van der Waals surface area contributed by atoms with Crippen LogP contribution in [0.15, 0.2) is 24.3 Å². The lowest BCUT2D eigenvalue weighted by atomic mass is 9.95. The first-order valence-corrected chi connectivity index (χ1v) is 6.91. The standard InChI is InChI=1S/C15H19NO3/c17-15(18)11-4-3-7-16(8-11)9-12-10-19-14-6-2-1-5-13(12)14/h1-2,5-6,11-12H,3-4,7-10H2,(H,17,18). The average Bonchev–Trinajstić information content (AvgIpc) is 2.83. The highest BCUT2D eigenvalue weighted by Gasteiger charge is 2.30. The van der Waals surface area contributed by atoms with Gasteiger partial charge in [-0.1, -0.05) is 18.2 Å². The van der Waals surface area contributed by atoms with Crippen molar-refractivity contribution in [3.05, 3.63) is 29.8 Å². The summed E-state index contributed by atoms with van der Waals surface area (Å²) in [6.07, 6.45) is 1.79. The van der Waals surface area contributed by atoms with Crippen molar-refractivity contribution < 1.29 is 14.6 Å². The van der Waals surface area contributed by atoms with Gasteiger partial charge in [0.15, 0.2) is 0 Å². The van der Waals surface area contributed by atoms with Crippen LogP contribution >= 0.6 is 0 Å². The number of benzene rings is 1. The Morgan fingerprint density at radius 1 is 1.42 bits per heavy atom. The molecule has 4 heteroatoms. The number of hydrogen-bond donors (Lipinski definition) is 1. The molecule has 0 aliphatic carbocycles. The first-order chi connectivity index (χ1) is 9.24. The average molecular weight is 261 g/mol. The Morgan fingerprint density at radius 3 is 3.11 bits per heavy atom. The summed E-state index contributed by atoms with van der Waals surface area (Å²) in [7, 11) is 0. The Bertz CT molecular complexity index is 474. The van der Waals surface area contributed by atoms with Crippen molar-refractivity contribution in [2.75, 3.05) is 26.2 Å². The van der Waals surface area contributed by atoms with Gasteiger partial charge >= 0.3 is 5.97 Å². The van der Waals surface area contributed by atoms with Gasteiger partial charge in [-0.25, -0.2) is 0 Å². The molecule has 0 spiro atoms. The summed E-state index contributed by atoms with van der Waals surface area (Å²) in [5.74, 6) is 0.502. The van der Waals surface area contributed by atoms with Gasteiger partial charge in [-0.3, -0.25) is 4.79 Å². The molecule has 102 valence electrons. The van der Waals surface area contributed by atoms with E-state index in [0.717, 1.165) is 31.7 Å². The number of para-hydroxylation sites is 1. The molecular weight excluding hydrogens is 242 g/mol. The van der Waals surface area contributed by atoms with E-state index >= 15 is 0 Å².